The zero-order valence-corrected chi connectivity index (χ0v) is 25.9. The van der Waals surface area contributed by atoms with Gasteiger partial charge in [0.15, 0.2) is 22.2 Å². The van der Waals surface area contributed by atoms with E-state index in [1.165, 1.54) is 5.38 Å². The van der Waals surface area contributed by atoms with Crippen LogP contribution in [0.4, 0.5) is 5.13 Å². The Labute approximate surface area is 260 Å². The molecule has 3 aliphatic heterocycles. The molecule has 1 aromatic heterocycles. The van der Waals surface area contributed by atoms with Crippen molar-refractivity contribution in [3.05, 3.63) is 11.1 Å². The molecule has 0 aromatic carbocycles. The summed E-state index contributed by atoms with van der Waals surface area (Å²) < 4.78 is 17.8. The second-order valence-electron chi connectivity index (χ2n) is 8.64. The number of aliphatic carboxylic acids is 2. The minimum absolute atomic E-state index is 0. The maximum atomic E-state index is 13.1. The SMILES string of the molecule is CC(C)(O/N=C(\C(=O)C[C@@H]1C(=O)N2[C@@H]1[S@@](=O)C[C@@H]1CC(=O)O[C@@]12C(=O)[O-])c1csc(N)n1)C(=O)[O-].[Na+].[Na+]. The molecule has 18 heteroatoms. The Morgan fingerprint density at radius 1 is 1.35 bits per heavy atom. The summed E-state index contributed by atoms with van der Waals surface area (Å²) in [6.07, 6.45) is -0.924. The van der Waals surface area contributed by atoms with Crippen LogP contribution in [-0.2, 0) is 44.3 Å². The largest absolute Gasteiger partial charge is 1.00 e. The first-order valence-electron chi connectivity index (χ1n) is 10.2. The van der Waals surface area contributed by atoms with Crippen molar-refractivity contribution < 1.29 is 107 Å². The summed E-state index contributed by atoms with van der Waals surface area (Å²) >= 11 is 0.966. The maximum Gasteiger partial charge on any atom is 1.00 e. The van der Waals surface area contributed by atoms with Gasteiger partial charge in [-0.2, -0.15) is 0 Å². The van der Waals surface area contributed by atoms with Crippen molar-refractivity contribution in [2.45, 2.75) is 43.4 Å². The number of nitrogens with zero attached hydrogens (tertiary/aromatic N) is 3. The van der Waals surface area contributed by atoms with E-state index in [0.717, 1.165) is 25.2 Å². The Morgan fingerprint density at radius 3 is 2.54 bits per heavy atom. The third-order valence-electron chi connectivity index (χ3n) is 5.97. The number of fused-ring (bicyclic) bond motifs is 3. The molecule has 0 spiro atoms. The number of thiazole rings is 1. The molecule has 4 rings (SSSR count). The van der Waals surface area contributed by atoms with Crippen LogP contribution in [0.3, 0.4) is 0 Å². The van der Waals surface area contributed by atoms with Gasteiger partial charge in [-0.1, -0.05) is 5.16 Å². The van der Waals surface area contributed by atoms with Gasteiger partial charge in [-0.3, -0.25) is 23.5 Å². The number of nitrogen functional groups attached to an aromatic ring is 1. The Morgan fingerprint density at radius 2 is 2.00 bits per heavy atom. The van der Waals surface area contributed by atoms with E-state index >= 15 is 0 Å². The summed E-state index contributed by atoms with van der Waals surface area (Å²) in [6.45, 7) is 2.28. The summed E-state index contributed by atoms with van der Waals surface area (Å²) in [6, 6.07) is 0. The van der Waals surface area contributed by atoms with Crippen molar-refractivity contribution in [1.29, 1.82) is 0 Å². The Kier molecular flexibility index (Phi) is 9.78. The zero-order chi connectivity index (χ0) is 25.9. The van der Waals surface area contributed by atoms with Gasteiger partial charge in [-0.05, 0) is 13.8 Å². The van der Waals surface area contributed by atoms with Crippen molar-refractivity contribution in [2.75, 3.05) is 11.5 Å². The predicted molar refractivity (Wildman–Crippen MR) is 112 cm³/mol. The van der Waals surface area contributed by atoms with Crippen LogP contribution in [0.1, 0.15) is 32.4 Å². The van der Waals surface area contributed by atoms with Crippen LogP contribution in [-0.4, -0.2) is 71.9 Å². The molecule has 0 bridgehead atoms. The number of carboxylic acids is 2. The number of esters is 1. The minimum Gasteiger partial charge on any atom is -0.546 e. The van der Waals surface area contributed by atoms with Crippen molar-refractivity contribution in [2.24, 2.45) is 17.0 Å². The molecule has 2 N–H and O–H groups in total. The summed E-state index contributed by atoms with van der Waals surface area (Å²) in [5, 5.41) is 27.0. The van der Waals surface area contributed by atoms with E-state index in [1.807, 2.05) is 0 Å². The van der Waals surface area contributed by atoms with E-state index in [1.54, 1.807) is 0 Å². The van der Waals surface area contributed by atoms with Crippen LogP contribution in [0, 0.1) is 11.8 Å². The van der Waals surface area contributed by atoms with Gasteiger partial charge in [-0.25, -0.2) is 4.98 Å². The van der Waals surface area contributed by atoms with Gasteiger partial charge in [0, 0.05) is 34.3 Å². The Hall–Kier alpha value is -1.40. The topological polar surface area (TPSA) is 222 Å². The number of rotatable bonds is 8. The molecule has 1 amide bonds. The molecule has 37 heavy (non-hydrogen) atoms. The average molecular weight is 572 g/mol. The first-order chi connectivity index (χ1) is 16.3. The summed E-state index contributed by atoms with van der Waals surface area (Å²) in [4.78, 5) is 70.7. The Balaban J connectivity index is 0.00000241. The van der Waals surface area contributed by atoms with E-state index in [9.17, 15) is 38.4 Å². The molecule has 0 aliphatic carbocycles. The zero-order valence-electron chi connectivity index (χ0n) is 20.2. The van der Waals surface area contributed by atoms with Gasteiger partial charge < -0.3 is 35.1 Å². The summed E-state index contributed by atoms with van der Waals surface area (Å²) in [7, 11) is -1.80. The van der Waals surface area contributed by atoms with Crippen LogP contribution < -0.4 is 75.1 Å². The number of carbonyl (C=O) groups is 5. The molecule has 0 saturated carbocycles. The smallest absolute Gasteiger partial charge is 0.546 e. The third kappa shape index (κ3) is 5.39. The van der Waals surface area contributed by atoms with Crippen LogP contribution in [0.2, 0.25) is 0 Å². The first-order valence-corrected chi connectivity index (χ1v) is 12.4. The van der Waals surface area contributed by atoms with Gasteiger partial charge in [0.1, 0.15) is 17.0 Å². The van der Waals surface area contributed by atoms with Crippen molar-refractivity contribution in [3.8, 4) is 0 Å². The number of anilines is 1. The molecular formula is C19H18N4Na2O10S2. The van der Waals surface area contributed by atoms with E-state index in [-0.39, 0.29) is 82.1 Å². The molecule has 4 heterocycles. The Bertz CT molecular complexity index is 1220. The number of Topliss-reactive ketones (excluding diaryl/α,β-unsaturated/α-hetero) is 1. The monoisotopic (exact) mass is 572 g/mol. The summed E-state index contributed by atoms with van der Waals surface area (Å²) in [5.41, 5.74) is 0.825. The molecule has 0 radical (unpaired) electrons. The van der Waals surface area contributed by atoms with Gasteiger partial charge in [0.2, 0.25) is 11.6 Å². The van der Waals surface area contributed by atoms with E-state index < -0.39 is 81.1 Å². The first kappa shape index (κ1) is 31.8. The van der Waals surface area contributed by atoms with Crippen molar-refractivity contribution in [1.82, 2.24) is 9.88 Å². The van der Waals surface area contributed by atoms with E-state index in [2.05, 4.69) is 10.1 Å². The van der Waals surface area contributed by atoms with Gasteiger partial charge in [0.05, 0.1) is 18.3 Å². The molecule has 188 valence electrons. The molecule has 3 fully saturated rings. The van der Waals surface area contributed by atoms with Crippen LogP contribution in [0.5, 0.6) is 0 Å². The average Bonchev–Trinajstić information content (AvgIpc) is 3.33. The molecular weight excluding hydrogens is 554 g/mol. The molecule has 3 aliphatic rings. The second-order valence-corrected chi connectivity index (χ2v) is 11.1. The number of amides is 1. The predicted octanol–water partition coefficient (Wildman–Crippen LogP) is -9.50. The summed E-state index contributed by atoms with van der Waals surface area (Å²) in [5.74, 6) is -8.50. The number of oxime groups is 1. The van der Waals surface area contributed by atoms with Crippen LogP contribution in [0.25, 0.3) is 0 Å². The number of nitrogens with two attached hydrogens (primary N) is 1. The minimum atomic E-state index is -2.38. The number of ketones is 1. The number of carboxylic acid groups (broad SMARTS) is 2. The van der Waals surface area contributed by atoms with E-state index in [0.29, 0.717) is 4.90 Å². The van der Waals surface area contributed by atoms with Gasteiger partial charge in [0.25, 0.3) is 0 Å². The number of hydrogen-bond donors (Lipinski definition) is 1. The van der Waals surface area contributed by atoms with Crippen LogP contribution >= 0.6 is 11.3 Å². The second kappa shape index (κ2) is 11.4. The van der Waals surface area contributed by atoms with Gasteiger partial charge >= 0.3 is 65.1 Å². The molecule has 0 unspecified atom stereocenters. The van der Waals surface area contributed by atoms with Crippen molar-refractivity contribution in [3.63, 3.8) is 0 Å². The normalized spacial score (nSPS) is 28.5. The molecule has 3 saturated heterocycles. The molecule has 1 aromatic rings. The van der Waals surface area contributed by atoms with Crippen molar-refractivity contribution >= 4 is 62.6 Å². The third-order valence-corrected chi connectivity index (χ3v) is 8.45. The number of β-lactam (4-membered cyclic amide) rings is 1. The standard InChI is InChI=1S/C19H20N4O10S2.2Na/c1-18(2,15(27)28)33-22-12(9-5-34-17(20)21-9)10(24)4-8-13(26)23-14(8)35(31)6-7-3-11(25)32-19(7,23)16(29)30;;/h5,7-8,14H,3-4,6H2,1-2H3,(H2,20,21)(H,27,28)(H,29,30);;/q;2*+1/p-2/b22-12-;;/t7-,8+,14+,19+,35-;;/m0../s1. The fourth-order valence-corrected chi connectivity index (χ4v) is 6.72. The molecule has 14 nitrogen and oxygen atoms in total. The quantitative estimate of drug-likeness (QED) is 0.101. The fourth-order valence-electron chi connectivity index (χ4n) is 4.16. The van der Waals surface area contributed by atoms with Gasteiger partial charge in [-0.15, -0.1) is 11.3 Å². The fraction of sp³-hybridized carbons (Fsp3) is 0.526. The van der Waals surface area contributed by atoms with E-state index in [4.69, 9.17) is 15.3 Å². The number of hydrogen-bond acceptors (Lipinski definition) is 14. The number of aromatic nitrogens is 1. The maximum absolute atomic E-state index is 13.1. The van der Waals surface area contributed by atoms with Crippen LogP contribution in [0.15, 0.2) is 10.5 Å². The molecule has 5 atom stereocenters. The number of ether oxygens (including phenoxy) is 1. The number of carbonyl (C=O) groups excluding carboxylic acids is 5.